The lowest BCUT2D eigenvalue weighted by molar-refractivity contribution is 0.531. The van der Waals surface area contributed by atoms with Gasteiger partial charge in [-0.1, -0.05) is 20.8 Å². The number of hydrogen-bond acceptors (Lipinski definition) is 1. The van der Waals surface area contributed by atoms with Gasteiger partial charge in [-0.05, 0) is 37.3 Å². The van der Waals surface area contributed by atoms with Crippen LogP contribution in [0.25, 0.3) is 0 Å². The van der Waals surface area contributed by atoms with E-state index < -0.39 is 0 Å². The molecule has 0 saturated heterocycles. The molecule has 0 aliphatic rings. The monoisotopic (exact) mass is 173 g/mol. The Labute approximate surface area is 74.8 Å². The van der Waals surface area contributed by atoms with E-state index in [2.05, 4.69) is 6.92 Å². The molecule has 0 aliphatic carbocycles. The van der Waals surface area contributed by atoms with Gasteiger partial charge in [0.05, 0.1) is 5.83 Å². The predicted molar refractivity (Wildman–Crippen MR) is 51.6 cm³/mol. The molecule has 0 aromatic heterocycles. The molecule has 2 heteroatoms. The largest absolute Gasteiger partial charge is 0.330 e. The SMILES string of the molecule is CC/C(F)=C(/CC)CC(C)CN. The molecule has 72 valence electrons. The van der Waals surface area contributed by atoms with Crippen molar-refractivity contribution in [2.24, 2.45) is 11.7 Å². The van der Waals surface area contributed by atoms with Crippen LogP contribution in [0.4, 0.5) is 4.39 Å². The molecule has 1 atom stereocenters. The molecule has 0 aromatic rings. The van der Waals surface area contributed by atoms with Crippen LogP contribution in [-0.2, 0) is 0 Å². The summed E-state index contributed by atoms with van der Waals surface area (Å²) in [5, 5.41) is 0. The summed E-state index contributed by atoms with van der Waals surface area (Å²) in [7, 11) is 0. The first-order chi connectivity index (χ1) is 5.65. The van der Waals surface area contributed by atoms with Crippen molar-refractivity contribution in [3.63, 3.8) is 0 Å². The molecule has 1 unspecified atom stereocenters. The van der Waals surface area contributed by atoms with Crippen LogP contribution in [0.5, 0.6) is 0 Å². The van der Waals surface area contributed by atoms with Gasteiger partial charge >= 0.3 is 0 Å². The fraction of sp³-hybridized carbons (Fsp3) is 0.800. The van der Waals surface area contributed by atoms with Gasteiger partial charge in [0.2, 0.25) is 0 Å². The first kappa shape index (κ1) is 11.6. The second kappa shape index (κ2) is 6.18. The molecule has 0 radical (unpaired) electrons. The molecule has 0 aromatic carbocycles. The molecule has 0 aliphatic heterocycles. The maximum atomic E-state index is 13.1. The van der Waals surface area contributed by atoms with E-state index in [4.69, 9.17) is 5.73 Å². The summed E-state index contributed by atoms with van der Waals surface area (Å²) < 4.78 is 13.1. The fourth-order valence-electron chi connectivity index (χ4n) is 1.20. The van der Waals surface area contributed by atoms with Crippen molar-refractivity contribution in [2.75, 3.05) is 6.54 Å². The van der Waals surface area contributed by atoms with E-state index >= 15 is 0 Å². The summed E-state index contributed by atoms with van der Waals surface area (Å²) in [6, 6.07) is 0. The van der Waals surface area contributed by atoms with E-state index in [0.29, 0.717) is 18.9 Å². The van der Waals surface area contributed by atoms with E-state index in [9.17, 15) is 4.39 Å². The van der Waals surface area contributed by atoms with Crippen LogP contribution in [0.3, 0.4) is 0 Å². The lowest BCUT2D eigenvalue weighted by Gasteiger charge is -2.11. The minimum atomic E-state index is 0.0535. The Balaban J connectivity index is 4.16. The van der Waals surface area contributed by atoms with Crippen LogP contribution < -0.4 is 5.73 Å². The lowest BCUT2D eigenvalue weighted by Crippen LogP contribution is -2.11. The smallest absolute Gasteiger partial charge is 0.0988 e. The Morgan fingerprint density at radius 1 is 1.33 bits per heavy atom. The molecule has 0 amide bonds. The zero-order valence-electron chi connectivity index (χ0n) is 8.36. The van der Waals surface area contributed by atoms with Crippen LogP contribution in [0.1, 0.15) is 40.0 Å². The number of allylic oxidation sites excluding steroid dienone is 2. The Kier molecular flexibility index (Phi) is 5.99. The molecule has 1 nitrogen and oxygen atoms in total. The third-order valence-corrected chi connectivity index (χ3v) is 2.12. The molecule has 12 heavy (non-hydrogen) atoms. The molecule has 0 spiro atoms. The predicted octanol–water partition coefficient (Wildman–Crippen LogP) is 3.01. The van der Waals surface area contributed by atoms with Gasteiger partial charge in [0.15, 0.2) is 0 Å². The van der Waals surface area contributed by atoms with Crippen molar-refractivity contribution in [3.05, 3.63) is 11.4 Å². The Morgan fingerprint density at radius 3 is 2.25 bits per heavy atom. The van der Waals surface area contributed by atoms with Crippen molar-refractivity contribution in [2.45, 2.75) is 40.0 Å². The summed E-state index contributed by atoms with van der Waals surface area (Å²) in [5.74, 6) is 0.454. The quantitative estimate of drug-likeness (QED) is 0.679. The summed E-state index contributed by atoms with van der Waals surface area (Å²) in [5.41, 5.74) is 6.41. The highest BCUT2D eigenvalue weighted by molar-refractivity contribution is 5.07. The maximum Gasteiger partial charge on any atom is 0.0988 e. The van der Waals surface area contributed by atoms with Crippen molar-refractivity contribution >= 4 is 0 Å². The average Bonchev–Trinajstić information content (AvgIpc) is 2.12. The van der Waals surface area contributed by atoms with Gasteiger partial charge in [-0.3, -0.25) is 0 Å². The highest BCUT2D eigenvalue weighted by Crippen LogP contribution is 2.20. The van der Waals surface area contributed by atoms with Gasteiger partial charge in [0.1, 0.15) is 0 Å². The van der Waals surface area contributed by atoms with Gasteiger partial charge in [-0.25, -0.2) is 4.39 Å². The number of rotatable bonds is 5. The minimum absolute atomic E-state index is 0.0535. The van der Waals surface area contributed by atoms with Crippen molar-refractivity contribution < 1.29 is 4.39 Å². The molecule has 0 bridgehead atoms. The Hall–Kier alpha value is -0.370. The zero-order chi connectivity index (χ0) is 9.56. The van der Waals surface area contributed by atoms with Crippen LogP contribution in [0.15, 0.2) is 11.4 Å². The highest BCUT2D eigenvalue weighted by Gasteiger charge is 2.06. The Bertz CT molecular complexity index is 152. The first-order valence-electron chi connectivity index (χ1n) is 4.72. The standard InChI is InChI=1S/C10H20FN/c1-4-9(10(11)5-2)6-8(3)7-12/h8H,4-7,12H2,1-3H3/b10-9+. The first-order valence-corrected chi connectivity index (χ1v) is 4.72. The number of nitrogens with two attached hydrogens (primary N) is 1. The van der Waals surface area contributed by atoms with Crippen LogP contribution in [-0.4, -0.2) is 6.54 Å². The molecular formula is C10H20FN. The zero-order valence-corrected chi connectivity index (χ0v) is 8.36. The average molecular weight is 173 g/mol. The molecule has 2 N–H and O–H groups in total. The third-order valence-electron chi connectivity index (χ3n) is 2.12. The molecule has 0 rings (SSSR count). The summed E-state index contributed by atoms with van der Waals surface area (Å²) in [6.07, 6.45) is 2.14. The van der Waals surface area contributed by atoms with Gasteiger partial charge in [-0.2, -0.15) is 0 Å². The summed E-state index contributed by atoms with van der Waals surface area (Å²) in [4.78, 5) is 0. The van der Waals surface area contributed by atoms with E-state index in [0.717, 1.165) is 18.4 Å². The minimum Gasteiger partial charge on any atom is -0.330 e. The van der Waals surface area contributed by atoms with E-state index in [1.165, 1.54) is 0 Å². The fourth-order valence-corrected chi connectivity index (χ4v) is 1.20. The highest BCUT2D eigenvalue weighted by atomic mass is 19.1. The van der Waals surface area contributed by atoms with Crippen molar-refractivity contribution in [3.8, 4) is 0 Å². The Morgan fingerprint density at radius 2 is 1.92 bits per heavy atom. The van der Waals surface area contributed by atoms with Crippen LogP contribution >= 0.6 is 0 Å². The summed E-state index contributed by atoms with van der Waals surface area (Å²) in [6.45, 7) is 6.53. The van der Waals surface area contributed by atoms with Crippen molar-refractivity contribution in [1.82, 2.24) is 0 Å². The number of hydrogen-bond donors (Lipinski definition) is 1. The summed E-state index contributed by atoms with van der Waals surface area (Å²) >= 11 is 0. The van der Waals surface area contributed by atoms with Crippen molar-refractivity contribution in [1.29, 1.82) is 0 Å². The third kappa shape index (κ3) is 3.86. The van der Waals surface area contributed by atoms with Gasteiger partial charge in [0, 0.05) is 0 Å². The maximum absolute atomic E-state index is 13.1. The van der Waals surface area contributed by atoms with Gasteiger partial charge in [-0.15, -0.1) is 0 Å². The lowest BCUT2D eigenvalue weighted by atomic mass is 9.98. The van der Waals surface area contributed by atoms with Gasteiger partial charge in [0.25, 0.3) is 0 Å². The molecule has 0 heterocycles. The van der Waals surface area contributed by atoms with E-state index in [1.807, 2.05) is 13.8 Å². The topological polar surface area (TPSA) is 26.0 Å². The normalized spacial score (nSPS) is 15.8. The van der Waals surface area contributed by atoms with Crippen LogP contribution in [0, 0.1) is 5.92 Å². The van der Waals surface area contributed by atoms with Gasteiger partial charge < -0.3 is 5.73 Å². The molecule has 0 fully saturated rings. The number of halogens is 1. The molecular weight excluding hydrogens is 153 g/mol. The van der Waals surface area contributed by atoms with E-state index in [-0.39, 0.29) is 5.83 Å². The van der Waals surface area contributed by atoms with Crippen LogP contribution in [0.2, 0.25) is 0 Å². The second-order valence-electron chi connectivity index (χ2n) is 3.26. The second-order valence-corrected chi connectivity index (χ2v) is 3.26. The molecule has 0 saturated carbocycles. The van der Waals surface area contributed by atoms with E-state index in [1.54, 1.807) is 0 Å².